The zero-order valence-electron chi connectivity index (χ0n) is 13.8. The number of rotatable bonds is 7. The maximum atomic E-state index is 12.8. The van der Waals surface area contributed by atoms with E-state index in [1.807, 2.05) is 30.3 Å². The number of benzene rings is 2. The van der Waals surface area contributed by atoms with E-state index in [1.165, 1.54) is 6.07 Å². The average molecular weight is 351 g/mol. The van der Waals surface area contributed by atoms with Gasteiger partial charge in [0.25, 0.3) is 0 Å². The van der Waals surface area contributed by atoms with Crippen molar-refractivity contribution in [3.63, 3.8) is 0 Å². The van der Waals surface area contributed by atoms with E-state index < -0.39 is 23.8 Å². The molecule has 6 heteroatoms. The minimum Gasteiger partial charge on any atom is -0.480 e. The topological polar surface area (TPSA) is 49.3 Å². The lowest BCUT2D eigenvalue weighted by molar-refractivity contribution is -0.139. The molecule has 0 saturated heterocycles. The predicted molar refractivity (Wildman–Crippen MR) is 89.3 cm³/mol. The fraction of sp³-hybridized carbons (Fsp3) is 0.316. The van der Waals surface area contributed by atoms with Gasteiger partial charge >= 0.3 is 12.1 Å². The Morgan fingerprint density at radius 2 is 1.68 bits per heavy atom. The van der Waals surface area contributed by atoms with Crippen LogP contribution in [0.2, 0.25) is 0 Å². The second-order valence-corrected chi connectivity index (χ2v) is 6.05. The predicted octanol–water partition coefficient (Wildman–Crippen LogP) is 3.92. The maximum absolute atomic E-state index is 12.8. The third-order valence-corrected chi connectivity index (χ3v) is 3.86. The molecule has 1 unspecified atom stereocenters. The highest BCUT2D eigenvalue weighted by molar-refractivity contribution is 5.74. The van der Waals surface area contributed by atoms with Gasteiger partial charge in [-0.05, 0) is 37.0 Å². The third kappa shape index (κ3) is 5.90. The lowest BCUT2D eigenvalue weighted by atomic mass is 10.0. The Morgan fingerprint density at radius 3 is 2.28 bits per heavy atom. The van der Waals surface area contributed by atoms with Crippen LogP contribution >= 0.6 is 0 Å². The Morgan fingerprint density at radius 1 is 1.04 bits per heavy atom. The Bertz CT molecular complexity index is 701. The Labute approximate surface area is 144 Å². The van der Waals surface area contributed by atoms with Gasteiger partial charge in [-0.1, -0.05) is 48.5 Å². The van der Waals surface area contributed by atoms with Crippen molar-refractivity contribution in [1.82, 2.24) is 5.32 Å². The minimum atomic E-state index is -4.39. The number of alkyl halides is 3. The molecule has 0 saturated carbocycles. The Balaban J connectivity index is 2.02. The monoisotopic (exact) mass is 351 g/mol. The van der Waals surface area contributed by atoms with Gasteiger partial charge in [-0.25, -0.2) is 0 Å². The van der Waals surface area contributed by atoms with Crippen LogP contribution in [0.5, 0.6) is 0 Å². The van der Waals surface area contributed by atoms with Crippen LogP contribution < -0.4 is 5.32 Å². The maximum Gasteiger partial charge on any atom is 0.416 e. The molecule has 0 radical (unpaired) electrons. The summed E-state index contributed by atoms with van der Waals surface area (Å²) in [4.78, 5) is 11.5. The van der Waals surface area contributed by atoms with Gasteiger partial charge < -0.3 is 10.4 Å². The SMILES string of the molecule is CC(Cc1cccc(C(F)(F)F)c1)N[C@H](Cc1ccccc1)C(=O)O. The molecule has 0 aliphatic rings. The zero-order chi connectivity index (χ0) is 18.4. The fourth-order valence-corrected chi connectivity index (χ4v) is 2.70. The quantitative estimate of drug-likeness (QED) is 0.795. The second kappa shape index (κ2) is 8.16. The van der Waals surface area contributed by atoms with Crippen LogP contribution in [0.4, 0.5) is 13.2 Å². The van der Waals surface area contributed by atoms with E-state index in [1.54, 1.807) is 13.0 Å². The van der Waals surface area contributed by atoms with Crippen LogP contribution in [0.15, 0.2) is 54.6 Å². The number of hydrogen-bond donors (Lipinski definition) is 2. The summed E-state index contributed by atoms with van der Waals surface area (Å²) in [6.45, 7) is 1.77. The Hall–Kier alpha value is -2.34. The molecule has 2 N–H and O–H groups in total. The first-order valence-electron chi connectivity index (χ1n) is 7.94. The summed E-state index contributed by atoms with van der Waals surface area (Å²) in [5.41, 5.74) is 0.698. The van der Waals surface area contributed by atoms with Crippen LogP contribution in [0.3, 0.4) is 0 Å². The first-order valence-corrected chi connectivity index (χ1v) is 7.94. The standard InChI is InChI=1S/C19H20F3NO2/c1-13(10-15-8-5-9-16(11-15)19(20,21)22)23-17(18(24)25)12-14-6-3-2-4-7-14/h2-9,11,13,17,23H,10,12H2,1H3,(H,24,25)/t13?,17-/m1/s1. The lowest BCUT2D eigenvalue weighted by Crippen LogP contribution is -2.44. The van der Waals surface area contributed by atoms with Crippen molar-refractivity contribution in [1.29, 1.82) is 0 Å². The van der Waals surface area contributed by atoms with E-state index in [2.05, 4.69) is 5.32 Å². The summed E-state index contributed by atoms with van der Waals surface area (Å²) in [6, 6.07) is 13.2. The number of halogens is 3. The summed E-state index contributed by atoms with van der Waals surface area (Å²) in [5, 5.41) is 12.4. The smallest absolute Gasteiger partial charge is 0.416 e. The number of aliphatic carboxylic acids is 1. The minimum absolute atomic E-state index is 0.284. The molecule has 2 aromatic rings. The molecule has 25 heavy (non-hydrogen) atoms. The van der Waals surface area contributed by atoms with Crippen molar-refractivity contribution < 1.29 is 23.1 Å². The first kappa shape index (κ1) is 19.0. The molecule has 0 fully saturated rings. The van der Waals surface area contributed by atoms with Gasteiger partial charge in [0.05, 0.1) is 5.56 Å². The van der Waals surface area contributed by atoms with Gasteiger partial charge in [-0.2, -0.15) is 13.2 Å². The van der Waals surface area contributed by atoms with E-state index in [4.69, 9.17) is 0 Å². The van der Waals surface area contributed by atoms with Crippen molar-refractivity contribution in [3.8, 4) is 0 Å². The van der Waals surface area contributed by atoms with Gasteiger partial charge in [0, 0.05) is 6.04 Å². The van der Waals surface area contributed by atoms with Crippen molar-refractivity contribution >= 4 is 5.97 Å². The molecule has 2 atom stereocenters. The molecule has 2 aromatic carbocycles. The fourth-order valence-electron chi connectivity index (χ4n) is 2.70. The van der Waals surface area contributed by atoms with Crippen LogP contribution in [-0.4, -0.2) is 23.2 Å². The van der Waals surface area contributed by atoms with Crippen LogP contribution in [0, 0.1) is 0 Å². The van der Waals surface area contributed by atoms with Crippen molar-refractivity contribution in [2.75, 3.05) is 0 Å². The lowest BCUT2D eigenvalue weighted by Gasteiger charge is -2.21. The van der Waals surface area contributed by atoms with Gasteiger partial charge in [0.15, 0.2) is 0 Å². The molecular formula is C19H20F3NO2. The van der Waals surface area contributed by atoms with Crippen LogP contribution in [0.1, 0.15) is 23.6 Å². The van der Waals surface area contributed by atoms with Gasteiger partial charge in [0.2, 0.25) is 0 Å². The van der Waals surface area contributed by atoms with Crippen LogP contribution in [0.25, 0.3) is 0 Å². The van der Waals surface area contributed by atoms with E-state index in [9.17, 15) is 23.1 Å². The van der Waals surface area contributed by atoms with E-state index in [0.717, 1.165) is 17.7 Å². The summed E-state index contributed by atoms with van der Waals surface area (Å²) in [6.07, 6.45) is -3.77. The van der Waals surface area contributed by atoms with Gasteiger partial charge in [-0.15, -0.1) is 0 Å². The molecule has 0 aromatic heterocycles. The molecule has 0 amide bonds. The summed E-state index contributed by atoms with van der Waals surface area (Å²) >= 11 is 0. The summed E-state index contributed by atoms with van der Waals surface area (Å²) < 4.78 is 38.3. The molecular weight excluding hydrogens is 331 g/mol. The summed E-state index contributed by atoms with van der Waals surface area (Å²) in [5.74, 6) is -0.986. The molecule has 0 aliphatic carbocycles. The highest BCUT2D eigenvalue weighted by Crippen LogP contribution is 2.29. The van der Waals surface area contributed by atoms with Gasteiger partial charge in [-0.3, -0.25) is 4.79 Å². The molecule has 2 rings (SSSR count). The highest BCUT2D eigenvalue weighted by Gasteiger charge is 2.30. The molecule has 3 nitrogen and oxygen atoms in total. The third-order valence-electron chi connectivity index (χ3n) is 3.86. The van der Waals surface area contributed by atoms with E-state index in [0.29, 0.717) is 18.4 Å². The molecule has 0 heterocycles. The highest BCUT2D eigenvalue weighted by atomic mass is 19.4. The van der Waals surface area contributed by atoms with Gasteiger partial charge in [0.1, 0.15) is 6.04 Å². The van der Waals surface area contributed by atoms with Crippen molar-refractivity contribution in [2.24, 2.45) is 0 Å². The van der Waals surface area contributed by atoms with E-state index in [-0.39, 0.29) is 6.04 Å². The molecule has 0 spiro atoms. The zero-order valence-corrected chi connectivity index (χ0v) is 13.8. The largest absolute Gasteiger partial charge is 0.480 e. The molecule has 134 valence electrons. The average Bonchev–Trinajstić information content (AvgIpc) is 2.54. The number of carboxylic acid groups (broad SMARTS) is 1. The van der Waals surface area contributed by atoms with Crippen molar-refractivity contribution in [3.05, 3.63) is 71.3 Å². The number of carboxylic acids is 1. The van der Waals surface area contributed by atoms with Crippen LogP contribution in [-0.2, 0) is 23.8 Å². The molecule has 0 bridgehead atoms. The normalized spacial score (nSPS) is 14.1. The molecule has 0 aliphatic heterocycles. The number of nitrogens with one attached hydrogen (secondary N) is 1. The summed E-state index contributed by atoms with van der Waals surface area (Å²) in [7, 11) is 0. The number of carbonyl (C=O) groups is 1. The Kier molecular flexibility index (Phi) is 6.20. The van der Waals surface area contributed by atoms with E-state index >= 15 is 0 Å². The second-order valence-electron chi connectivity index (χ2n) is 6.05. The van der Waals surface area contributed by atoms with Crippen molar-refractivity contribution in [2.45, 2.75) is 38.0 Å². The first-order chi connectivity index (χ1) is 11.8. The number of hydrogen-bond acceptors (Lipinski definition) is 2.